The van der Waals surface area contributed by atoms with Gasteiger partial charge in [-0.1, -0.05) is 67.4 Å². The molecule has 0 spiro atoms. The Labute approximate surface area is 282 Å². The molecule has 2 saturated heterocycles. The van der Waals surface area contributed by atoms with E-state index in [0.717, 1.165) is 5.56 Å². The summed E-state index contributed by atoms with van der Waals surface area (Å²) >= 11 is 12.6. The maximum absolute atomic E-state index is 14.2. The van der Waals surface area contributed by atoms with Crippen molar-refractivity contribution in [3.05, 3.63) is 94.0 Å². The van der Waals surface area contributed by atoms with Gasteiger partial charge in [0.05, 0.1) is 27.7 Å². The van der Waals surface area contributed by atoms with Gasteiger partial charge in [0.15, 0.2) is 0 Å². The van der Waals surface area contributed by atoms with Gasteiger partial charge in [0.25, 0.3) is 15.9 Å². The highest BCUT2D eigenvalue weighted by molar-refractivity contribution is 7.92. The molecule has 3 aromatic rings. The summed E-state index contributed by atoms with van der Waals surface area (Å²) in [7, 11) is -4.11. The van der Waals surface area contributed by atoms with Crippen LogP contribution in [-0.4, -0.2) is 61.5 Å². The third kappa shape index (κ3) is 7.32. The van der Waals surface area contributed by atoms with Crippen molar-refractivity contribution in [3.8, 4) is 0 Å². The predicted molar refractivity (Wildman–Crippen MR) is 182 cm³/mol. The lowest BCUT2D eigenvalue weighted by molar-refractivity contribution is -0.0941. The van der Waals surface area contributed by atoms with Crippen molar-refractivity contribution in [1.29, 1.82) is 0 Å². The first-order valence-corrected chi connectivity index (χ1v) is 17.7. The monoisotopic (exact) mass is 685 g/mol. The van der Waals surface area contributed by atoms with Crippen LogP contribution in [0, 0.1) is 11.3 Å². The van der Waals surface area contributed by atoms with Crippen LogP contribution in [0.15, 0.2) is 77.7 Å². The first kappa shape index (κ1) is 34.1. The van der Waals surface area contributed by atoms with Crippen molar-refractivity contribution in [2.45, 2.75) is 70.5 Å². The van der Waals surface area contributed by atoms with Crippen molar-refractivity contribution >= 4 is 50.9 Å². The Hall–Kier alpha value is -3.27. The summed E-state index contributed by atoms with van der Waals surface area (Å²) in [5.74, 6) is -0.119. The van der Waals surface area contributed by atoms with Crippen LogP contribution in [0.5, 0.6) is 0 Å². The first-order chi connectivity index (χ1) is 21.6. The van der Waals surface area contributed by atoms with Crippen molar-refractivity contribution < 1.29 is 22.7 Å². The Morgan fingerprint density at radius 3 is 2.17 bits per heavy atom. The molecule has 2 fully saturated rings. The van der Waals surface area contributed by atoms with Gasteiger partial charge >= 0.3 is 6.09 Å². The lowest BCUT2D eigenvalue weighted by Gasteiger charge is -2.58. The molecule has 2 amide bonds. The second-order valence-electron chi connectivity index (χ2n) is 13.8. The number of nitrogens with zero attached hydrogens (tertiary/aromatic N) is 3. The number of likely N-dealkylation sites (tertiary alicyclic amines) is 2. The van der Waals surface area contributed by atoms with Gasteiger partial charge in [0.1, 0.15) is 5.60 Å². The molecule has 1 unspecified atom stereocenters. The number of carbonyl (C=O) groups is 2. The third-order valence-electron chi connectivity index (χ3n) is 8.66. The predicted octanol–water partition coefficient (Wildman–Crippen LogP) is 7.89. The maximum atomic E-state index is 14.2. The van der Waals surface area contributed by atoms with E-state index < -0.39 is 15.6 Å². The Morgan fingerprint density at radius 1 is 0.957 bits per heavy atom. The van der Waals surface area contributed by atoms with E-state index in [9.17, 15) is 18.0 Å². The van der Waals surface area contributed by atoms with E-state index in [1.54, 1.807) is 29.2 Å². The molecule has 8 nitrogen and oxygen atoms in total. The molecule has 0 radical (unpaired) electrons. The standard InChI is InChI=1S/C35H41Cl2N3O5S/c1-34(2,3)45-33(42)39-23-35(4,5)31(39)25-17-19-38(20-18-25)32(41)29-21-28(15-16-30(29)37)46(43,44)40(22-24-9-7-6-8-10-24)27-13-11-26(36)12-14-27/h6-16,21,25,31H,17-20,22-23H2,1-5H3. The van der Waals surface area contributed by atoms with Gasteiger partial charge in [-0.25, -0.2) is 13.2 Å². The molecule has 5 rings (SSSR count). The van der Waals surface area contributed by atoms with Gasteiger partial charge in [-0.15, -0.1) is 0 Å². The van der Waals surface area contributed by atoms with Crippen LogP contribution in [0.4, 0.5) is 10.5 Å². The first-order valence-electron chi connectivity index (χ1n) is 15.5. The summed E-state index contributed by atoms with van der Waals surface area (Å²) in [6.07, 6.45) is 1.10. The van der Waals surface area contributed by atoms with Crippen LogP contribution >= 0.6 is 23.2 Å². The Balaban J connectivity index is 1.34. The van der Waals surface area contributed by atoms with Gasteiger partial charge in [-0.05, 0) is 87.6 Å². The second-order valence-corrected chi connectivity index (χ2v) is 16.5. The number of amides is 2. The second kappa shape index (κ2) is 13.1. The van der Waals surface area contributed by atoms with E-state index >= 15 is 0 Å². The summed E-state index contributed by atoms with van der Waals surface area (Å²) in [5.41, 5.74) is 0.740. The van der Waals surface area contributed by atoms with Gasteiger partial charge in [0, 0.05) is 36.1 Å². The molecular weight excluding hydrogens is 645 g/mol. The fraction of sp³-hybridized carbons (Fsp3) is 0.429. The van der Waals surface area contributed by atoms with Crippen LogP contribution in [0.2, 0.25) is 10.0 Å². The molecule has 2 heterocycles. The minimum absolute atomic E-state index is 0.0140. The van der Waals surface area contributed by atoms with E-state index in [1.165, 1.54) is 22.5 Å². The van der Waals surface area contributed by atoms with Crippen molar-refractivity contribution in [2.24, 2.45) is 11.3 Å². The summed E-state index contributed by atoms with van der Waals surface area (Å²) in [6, 6.07) is 20.2. The largest absolute Gasteiger partial charge is 0.444 e. The fourth-order valence-corrected chi connectivity index (χ4v) is 8.35. The lowest BCUT2D eigenvalue weighted by Crippen LogP contribution is -2.68. The number of hydrogen-bond acceptors (Lipinski definition) is 5. The summed E-state index contributed by atoms with van der Waals surface area (Å²) in [6.45, 7) is 11.5. The number of ether oxygens (including phenoxy) is 1. The molecule has 2 aliphatic heterocycles. The van der Waals surface area contributed by atoms with E-state index in [2.05, 4.69) is 13.8 Å². The van der Waals surface area contributed by atoms with E-state index in [4.69, 9.17) is 27.9 Å². The summed E-state index contributed by atoms with van der Waals surface area (Å²) in [5, 5.41) is 0.672. The van der Waals surface area contributed by atoms with Crippen LogP contribution in [0.25, 0.3) is 0 Å². The zero-order valence-corrected chi connectivity index (χ0v) is 29.2. The average molecular weight is 687 g/mol. The SMILES string of the molecule is CC(C)(C)OC(=O)N1CC(C)(C)C1C1CCN(C(=O)c2cc(S(=O)(=O)N(Cc3ccccc3)c3ccc(Cl)cc3)ccc2Cl)CC1. The smallest absolute Gasteiger partial charge is 0.410 e. The number of hydrogen-bond donors (Lipinski definition) is 0. The van der Waals surface area contributed by atoms with Gasteiger partial charge in [0.2, 0.25) is 0 Å². The van der Waals surface area contributed by atoms with Crippen LogP contribution in [-0.2, 0) is 21.3 Å². The van der Waals surface area contributed by atoms with E-state index in [0.29, 0.717) is 43.2 Å². The van der Waals surface area contributed by atoms with E-state index in [-0.39, 0.29) is 51.4 Å². The average Bonchev–Trinajstić information content (AvgIpc) is 2.99. The molecular formula is C35H41Cl2N3O5S. The Bertz CT molecular complexity index is 1680. The molecule has 2 aliphatic rings. The maximum Gasteiger partial charge on any atom is 0.410 e. The molecule has 11 heteroatoms. The van der Waals surface area contributed by atoms with Gasteiger partial charge < -0.3 is 14.5 Å². The molecule has 46 heavy (non-hydrogen) atoms. The van der Waals surface area contributed by atoms with Crippen molar-refractivity contribution in [1.82, 2.24) is 9.80 Å². The highest BCUT2D eigenvalue weighted by atomic mass is 35.5. The summed E-state index contributed by atoms with van der Waals surface area (Å²) in [4.78, 5) is 30.2. The number of carbonyl (C=O) groups excluding carboxylic acids is 2. The highest BCUT2D eigenvalue weighted by Crippen LogP contribution is 2.45. The zero-order valence-electron chi connectivity index (χ0n) is 26.9. The normalized spacial score (nSPS) is 18.5. The van der Waals surface area contributed by atoms with E-state index in [1.807, 2.05) is 56.0 Å². The number of benzene rings is 3. The lowest BCUT2D eigenvalue weighted by atomic mass is 9.67. The minimum Gasteiger partial charge on any atom is -0.444 e. The van der Waals surface area contributed by atoms with Gasteiger partial charge in [-0.2, -0.15) is 0 Å². The topological polar surface area (TPSA) is 87.2 Å². The molecule has 0 N–H and O–H groups in total. The summed E-state index contributed by atoms with van der Waals surface area (Å²) < 4.78 is 35.3. The molecule has 0 bridgehead atoms. The molecule has 0 aliphatic carbocycles. The molecule has 246 valence electrons. The van der Waals surface area contributed by atoms with Crippen LogP contribution < -0.4 is 4.31 Å². The number of piperidine rings is 1. The van der Waals surface area contributed by atoms with Gasteiger partial charge in [-0.3, -0.25) is 9.10 Å². The minimum atomic E-state index is -4.11. The number of rotatable bonds is 7. The third-order valence-corrected chi connectivity index (χ3v) is 11.0. The Kier molecular flexibility index (Phi) is 9.69. The number of halogens is 2. The molecule has 0 aromatic heterocycles. The zero-order chi connectivity index (χ0) is 33.4. The van der Waals surface area contributed by atoms with Crippen molar-refractivity contribution in [2.75, 3.05) is 23.9 Å². The molecule has 1 atom stereocenters. The number of anilines is 1. The quantitative estimate of drug-likeness (QED) is 0.252. The Morgan fingerprint density at radius 2 is 1.59 bits per heavy atom. The molecule has 0 saturated carbocycles. The number of sulfonamides is 1. The highest BCUT2D eigenvalue weighted by Gasteiger charge is 2.53. The fourth-order valence-electron chi connectivity index (χ4n) is 6.55. The molecule has 3 aromatic carbocycles. The van der Waals surface area contributed by atoms with Crippen molar-refractivity contribution in [3.63, 3.8) is 0 Å². The van der Waals surface area contributed by atoms with Crippen LogP contribution in [0.3, 0.4) is 0 Å². The van der Waals surface area contributed by atoms with Crippen LogP contribution in [0.1, 0.15) is 63.4 Å².